The second-order valence-corrected chi connectivity index (χ2v) is 9.04. The van der Waals surface area contributed by atoms with Crippen LogP contribution in [-0.2, 0) is 16.6 Å². The number of phenols is 2. The molecule has 170 valence electrons. The molecule has 0 amide bonds. The van der Waals surface area contributed by atoms with E-state index in [0.717, 1.165) is 27.1 Å². The third kappa shape index (κ3) is 4.08. The summed E-state index contributed by atoms with van der Waals surface area (Å²) in [5.74, 6) is -2.21. The molecule has 2 heterocycles. The molecular weight excluding hydrogens is 453 g/mol. The fourth-order valence-corrected chi connectivity index (χ4v) is 4.45. The number of para-hydroxylation sites is 1. The fraction of sp³-hybridized carbons (Fsp3) is 0.0952. The van der Waals surface area contributed by atoms with E-state index in [1.165, 1.54) is 31.4 Å². The predicted molar refractivity (Wildman–Crippen MR) is 115 cm³/mol. The van der Waals surface area contributed by atoms with Gasteiger partial charge in [0, 0.05) is 19.3 Å². The first kappa shape index (κ1) is 22.2. The van der Waals surface area contributed by atoms with Crippen LogP contribution in [0, 0.1) is 5.82 Å². The van der Waals surface area contributed by atoms with E-state index in [4.69, 9.17) is 0 Å². The highest BCUT2D eigenvalue weighted by atomic mass is 32.2. The Morgan fingerprint density at radius 3 is 2.42 bits per heavy atom. The molecule has 12 heteroatoms. The van der Waals surface area contributed by atoms with Gasteiger partial charge in [0.25, 0.3) is 0 Å². The van der Waals surface area contributed by atoms with E-state index in [-0.39, 0.29) is 23.6 Å². The number of aromatic nitrogens is 4. The van der Waals surface area contributed by atoms with Crippen LogP contribution < -0.4 is 0 Å². The Morgan fingerprint density at radius 2 is 1.73 bits per heavy atom. The minimum absolute atomic E-state index is 0.0784. The second kappa shape index (κ2) is 8.48. The first-order valence-electron chi connectivity index (χ1n) is 9.52. The lowest BCUT2D eigenvalue weighted by Crippen LogP contribution is -2.27. The maximum Gasteiger partial charge on any atom is 0.319 e. The molecule has 0 unspecified atom stereocenters. The molecule has 0 radical (unpaired) electrons. The summed E-state index contributed by atoms with van der Waals surface area (Å²) in [6.45, 7) is -0.0784. The number of hydrogen-bond donors (Lipinski definition) is 3. The summed E-state index contributed by atoms with van der Waals surface area (Å²) in [5, 5.41) is 38.2. The highest BCUT2D eigenvalue weighted by molar-refractivity contribution is 7.89. The number of nitrogens with zero attached hydrogens (tertiary/aromatic N) is 5. The highest BCUT2D eigenvalue weighted by Gasteiger charge is 2.29. The molecular formula is C21H18FN5O5S. The largest absolute Gasteiger partial charge is 0.507 e. The Balaban J connectivity index is 1.82. The summed E-state index contributed by atoms with van der Waals surface area (Å²) < 4.78 is 42.6. The Morgan fingerprint density at radius 1 is 1.00 bits per heavy atom. The van der Waals surface area contributed by atoms with Crippen LogP contribution in [0.3, 0.4) is 0 Å². The third-order valence-electron chi connectivity index (χ3n) is 4.86. The van der Waals surface area contributed by atoms with Crippen molar-refractivity contribution in [3.63, 3.8) is 0 Å². The maximum atomic E-state index is 14.4. The van der Waals surface area contributed by atoms with Crippen molar-refractivity contribution in [2.75, 3.05) is 7.05 Å². The minimum atomic E-state index is -4.26. The number of pyridine rings is 1. The Hall–Kier alpha value is -4.03. The van der Waals surface area contributed by atoms with Crippen molar-refractivity contribution in [1.82, 2.24) is 24.1 Å². The van der Waals surface area contributed by atoms with E-state index < -0.39 is 38.2 Å². The van der Waals surface area contributed by atoms with Gasteiger partial charge in [-0.2, -0.15) is 4.31 Å². The second-order valence-electron chi connectivity index (χ2n) is 7.03. The number of halogens is 1. The molecule has 0 aliphatic heterocycles. The van der Waals surface area contributed by atoms with Gasteiger partial charge in [-0.3, -0.25) is 4.98 Å². The van der Waals surface area contributed by atoms with Crippen LogP contribution in [0.1, 0.15) is 5.69 Å². The molecule has 2 aromatic heterocycles. The summed E-state index contributed by atoms with van der Waals surface area (Å²) >= 11 is 0. The van der Waals surface area contributed by atoms with Gasteiger partial charge in [0.2, 0.25) is 10.0 Å². The molecule has 0 aliphatic carbocycles. The van der Waals surface area contributed by atoms with E-state index in [1.54, 1.807) is 18.2 Å². The molecule has 2 aromatic carbocycles. The van der Waals surface area contributed by atoms with Gasteiger partial charge >= 0.3 is 6.01 Å². The Labute approximate surface area is 187 Å². The van der Waals surface area contributed by atoms with Gasteiger partial charge in [-0.15, -0.1) is 5.10 Å². The zero-order chi connectivity index (χ0) is 23.8. The highest BCUT2D eigenvalue weighted by Crippen LogP contribution is 2.39. The number of phenolic OH excluding ortho intramolecular Hbond substituents is 2. The summed E-state index contributed by atoms with van der Waals surface area (Å²) in [5.41, 5.74) is 0.152. The molecule has 4 aromatic rings. The summed E-state index contributed by atoms with van der Waals surface area (Å²) in [6.07, 6.45) is 1.52. The molecule has 0 aliphatic rings. The Kier molecular flexibility index (Phi) is 5.70. The van der Waals surface area contributed by atoms with Crippen molar-refractivity contribution in [1.29, 1.82) is 0 Å². The van der Waals surface area contributed by atoms with E-state index >= 15 is 0 Å². The van der Waals surface area contributed by atoms with Crippen LogP contribution in [0.2, 0.25) is 0 Å². The van der Waals surface area contributed by atoms with Crippen molar-refractivity contribution in [3.05, 3.63) is 72.3 Å². The fourth-order valence-electron chi connectivity index (χ4n) is 3.22. The summed E-state index contributed by atoms with van der Waals surface area (Å²) in [6, 6.07) is 11.6. The zero-order valence-corrected chi connectivity index (χ0v) is 18.0. The molecule has 0 saturated carbocycles. The smallest absolute Gasteiger partial charge is 0.319 e. The molecule has 0 spiro atoms. The third-order valence-corrected chi connectivity index (χ3v) is 6.69. The maximum absolute atomic E-state index is 14.4. The van der Waals surface area contributed by atoms with Crippen molar-refractivity contribution < 1.29 is 28.1 Å². The minimum Gasteiger partial charge on any atom is -0.507 e. The summed E-state index contributed by atoms with van der Waals surface area (Å²) in [4.78, 5) is 3.56. The van der Waals surface area contributed by atoms with Crippen LogP contribution in [0.15, 0.2) is 65.7 Å². The first-order chi connectivity index (χ1) is 15.7. The van der Waals surface area contributed by atoms with E-state index in [1.807, 2.05) is 0 Å². The van der Waals surface area contributed by atoms with Crippen LogP contribution in [0.25, 0.3) is 17.1 Å². The lowest BCUT2D eigenvalue weighted by atomic mass is 10.1. The monoisotopic (exact) mass is 471 g/mol. The molecule has 3 N–H and O–H groups in total. The standard InChI is InChI=1S/C21H18FN5O5S/c1-26(12-13-6-4-5-9-23-13)33(31,32)19-10-14(17(28)11-18(19)29)20-24-25-21(30)27(20)16-8-3-2-7-15(16)22/h2-11,28-29H,12H2,1H3,(H,25,30). The lowest BCUT2D eigenvalue weighted by Gasteiger charge is -2.18. The van der Waals surface area contributed by atoms with Crippen LogP contribution in [0.5, 0.6) is 17.5 Å². The molecule has 0 saturated heterocycles. The SMILES string of the molecule is CN(Cc1ccccn1)S(=O)(=O)c1cc(-c2nnc(O)n2-c2ccccc2F)c(O)cc1O. The molecule has 10 nitrogen and oxygen atoms in total. The molecule has 33 heavy (non-hydrogen) atoms. The van der Waals surface area contributed by atoms with Gasteiger partial charge in [-0.25, -0.2) is 17.4 Å². The van der Waals surface area contributed by atoms with Gasteiger partial charge in [-0.05, 0) is 30.3 Å². The van der Waals surface area contributed by atoms with Crippen molar-refractivity contribution >= 4 is 10.0 Å². The van der Waals surface area contributed by atoms with Gasteiger partial charge in [0.15, 0.2) is 5.82 Å². The Bertz CT molecular complexity index is 1430. The molecule has 4 rings (SSSR count). The lowest BCUT2D eigenvalue weighted by molar-refractivity contribution is 0.418. The van der Waals surface area contributed by atoms with Gasteiger partial charge in [0.05, 0.1) is 23.5 Å². The average Bonchev–Trinajstić information content (AvgIpc) is 3.15. The zero-order valence-electron chi connectivity index (χ0n) is 17.2. The molecule has 0 atom stereocenters. The van der Waals surface area contributed by atoms with Crippen LogP contribution in [0.4, 0.5) is 4.39 Å². The number of aromatic hydroxyl groups is 3. The van der Waals surface area contributed by atoms with Gasteiger partial charge in [0.1, 0.15) is 22.2 Å². The molecule has 0 bridgehead atoms. The topological polar surface area (TPSA) is 142 Å². The van der Waals surface area contributed by atoms with Crippen LogP contribution >= 0.6 is 0 Å². The normalized spacial score (nSPS) is 11.7. The average molecular weight is 471 g/mol. The van der Waals surface area contributed by atoms with Crippen molar-refractivity contribution in [2.24, 2.45) is 0 Å². The van der Waals surface area contributed by atoms with E-state index in [0.29, 0.717) is 5.69 Å². The number of benzene rings is 2. The molecule has 0 fully saturated rings. The van der Waals surface area contributed by atoms with Gasteiger partial charge < -0.3 is 15.3 Å². The van der Waals surface area contributed by atoms with Gasteiger partial charge in [-0.1, -0.05) is 23.3 Å². The number of sulfonamides is 1. The summed E-state index contributed by atoms with van der Waals surface area (Å²) in [7, 11) is -2.95. The number of rotatable bonds is 6. The predicted octanol–water partition coefficient (Wildman–Crippen LogP) is 2.41. The number of hydrogen-bond acceptors (Lipinski definition) is 8. The van der Waals surface area contributed by atoms with Crippen molar-refractivity contribution in [3.8, 4) is 34.6 Å². The van der Waals surface area contributed by atoms with Crippen molar-refractivity contribution in [2.45, 2.75) is 11.4 Å². The van der Waals surface area contributed by atoms with E-state index in [9.17, 15) is 28.1 Å². The van der Waals surface area contributed by atoms with E-state index in [2.05, 4.69) is 15.2 Å². The first-order valence-corrected chi connectivity index (χ1v) is 11.0. The quantitative estimate of drug-likeness (QED) is 0.389. The van der Waals surface area contributed by atoms with Crippen LogP contribution in [-0.4, -0.2) is 54.8 Å².